The van der Waals surface area contributed by atoms with E-state index >= 15 is 0 Å². The molecule has 2 aromatic rings. The van der Waals surface area contributed by atoms with Crippen LogP contribution in [0.2, 0.25) is 8.67 Å². The number of sulfonamides is 1. The van der Waals surface area contributed by atoms with Crippen LogP contribution in [0.4, 0.5) is 5.69 Å². The average Bonchev–Trinajstić information content (AvgIpc) is 2.62. The summed E-state index contributed by atoms with van der Waals surface area (Å²) < 4.78 is 27.6. The maximum atomic E-state index is 12.1. The first kappa shape index (κ1) is 14.1. The van der Waals surface area contributed by atoms with Gasteiger partial charge in [0.1, 0.15) is 9.23 Å². The van der Waals surface area contributed by atoms with Crippen molar-refractivity contribution in [2.75, 3.05) is 4.72 Å². The topological polar surface area (TPSA) is 59.1 Å². The third-order valence-electron chi connectivity index (χ3n) is 1.93. The average molecular weight is 388 g/mol. The smallest absolute Gasteiger partial charge is 0.264 e. The standard InChI is InChI=1S/C9H5BrCl2N2O2S2/c10-5-4-13-2-1-6(5)14-18(15,16)7-3-8(11)17-9(7)12/h1-4H,(H,13,14). The highest BCUT2D eigenvalue weighted by Gasteiger charge is 2.21. The van der Waals surface area contributed by atoms with E-state index in [-0.39, 0.29) is 9.23 Å². The molecule has 0 fully saturated rings. The van der Waals surface area contributed by atoms with Gasteiger partial charge in [-0.25, -0.2) is 8.42 Å². The Hall–Kier alpha value is -0.340. The molecule has 96 valence electrons. The quantitative estimate of drug-likeness (QED) is 0.865. The van der Waals surface area contributed by atoms with E-state index in [9.17, 15) is 8.42 Å². The summed E-state index contributed by atoms with van der Waals surface area (Å²) in [5.74, 6) is 0. The first-order valence-electron chi connectivity index (χ1n) is 4.47. The predicted molar refractivity (Wildman–Crippen MR) is 77.1 cm³/mol. The highest BCUT2D eigenvalue weighted by atomic mass is 79.9. The van der Waals surface area contributed by atoms with Gasteiger partial charge in [-0.1, -0.05) is 23.2 Å². The molecule has 0 amide bonds. The van der Waals surface area contributed by atoms with Crippen LogP contribution in [0.5, 0.6) is 0 Å². The Morgan fingerprint density at radius 2 is 2.11 bits per heavy atom. The van der Waals surface area contributed by atoms with Crippen LogP contribution >= 0.6 is 50.5 Å². The number of anilines is 1. The van der Waals surface area contributed by atoms with Crippen LogP contribution in [-0.2, 0) is 10.0 Å². The number of aromatic nitrogens is 1. The fourth-order valence-electron chi connectivity index (χ4n) is 1.17. The molecule has 1 N–H and O–H groups in total. The first-order chi connectivity index (χ1) is 8.40. The minimum absolute atomic E-state index is 0.0390. The monoisotopic (exact) mass is 386 g/mol. The summed E-state index contributed by atoms with van der Waals surface area (Å²) in [7, 11) is -3.76. The molecule has 0 saturated heterocycles. The molecule has 2 heterocycles. The lowest BCUT2D eigenvalue weighted by Crippen LogP contribution is -2.12. The van der Waals surface area contributed by atoms with Gasteiger partial charge in [-0.2, -0.15) is 0 Å². The first-order valence-corrected chi connectivity index (χ1v) is 8.32. The number of thiophene rings is 1. The number of pyridine rings is 1. The fraction of sp³-hybridized carbons (Fsp3) is 0. The summed E-state index contributed by atoms with van der Waals surface area (Å²) in [6.45, 7) is 0. The van der Waals surface area contributed by atoms with E-state index in [1.165, 1.54) is 24.5 Å². The second-order valence-corrected chi connectivity index (χ2v) is 7.94. The van der Waals surface area contributed by atoms with Crippen molar-refractivity contribution < 1.29 is 8.42 Å². The molecule has 0 radical (unpaired) electrons. The highest BCUT2D eigenvalue weighted by molar-refractivity contribution is 9.10. The number of rotatable bonds is 3. The lowest BCUT2D eigenvalue weighted by molar-refractivity contribution is 0.601. The third kappa shape index (κ3) is 2.97. The second-order valence-electron chi connectivity index (χ2n) is 3.15. The van der Waals surface area contributed by atoms with Gasteiger partial charge in [-0.05, 0) is 28.1 Å². The molecule has 2 aromatic heterocycles. The van der Waals surface area contributed by atoms with E-state index in [1.807, 2.05) is 0 Å². The van der Waals surface area contributed by atoms with Gasteiger partial charge >= 0.3 is 0 Å². The summed E-state index contributed by atoms with van der Waals surface area (Å²) in [5.41, 5.74) is 0.378. The van der Waals surface area contributed by atoms with Crippen LogP contribution < -0.4 is 4.72 Å². The molecule has 0 spiro atoms. The van der Waals surface area contributed by atoms with Crippen molar-refractivity contribution in [2.24, 2.45) is 0 Å². The van der Waals surface area contributed by atoms with Gasteiger partial charge in [0.25, 0.3) is 10.0 Å². The zero-order valence-corrected chi connectivity index (χ0v) is 13.3. The molecule has 0 aromatic carbocycles. The molecule has 2 rings (SSSR count). The number of halogens is 3. The molecule has 0 bridgehead atoms. The summed E-state index contributed by atoms with van der Waals surface area (Å²) in [4.78, 5) is 3.80. The normalized spacial score (nSPS) is 11.5. The van der Waals surface area contributed by atoms with Crippen molar-refractivity contribution in [3.05, 3.63) is 37.7 Å². The Labute approximate surface area is 126 Å². The number of hydrogen-bond acceptors (Lipinski definition) is 4. The number of nitrogens with one attached hydrogen (secondary N) is 1. The SMILES string of the molecule is O=S(=O)(Nc1ccncc1Br)c1cc(Cl)sc1Cl. The van der Waals surface area contributed by atoms with E-state index in [0.29, 0.717) is 14.5 Å². The molecule has 9 heteroatoms. The molecule has 0 aliphatic heterocycles. The largest absolute Gasteiger partial charge is 0.278 e. The van der Waals surface area contributed by atoms with Crippen LogP contribution in [0.25, 0.3) is 0 Å². The molecule has 0 atom stereocenters. The Morgan fingerprint density at radius 3 is 2.67 bits per heavy atom. The van der Waals surface area contributed by atoms with E-state index in [1.54, 1.807) is 0 Å². The minimum atomic E-state index is -3.76. The van der Waals surface area contributed by atoms with Crippen LogP contribution in [0.3, 0.4) is 0 Å². The van der Waals surface area contributed by atoms with Crippen molar-refractivity contribution in [3.63, 3.8) is 0 Å². The highest BCUT2D eigenvalue weighted by Crippen LogP contribution is 2.35. The molecule has 0 aliphatic rings. The minimum Gasteiger partial charge on any atom is -0.278 e. The van der Waals surface area contributed by atoms with E-state index in [0.717, 1.165) is 11.3 Å². The molecule has 0 saturated carbocycles. The maximum Gasteiger partial charge on any atom is 0.264 e. The van der Waals surface area contributed by atoms with Gasteiger partial charge in [0.2, 0.25) is 0 Å². The molecule has 18 heavy (non-hydrogen) atoms. The van der Waals surface area contributed by atoms with Gasteiger partial charge in [0.15, 0.2) is 0 Å². The van der Waals surface area contributed by atoms with E-state index < -0.39 is 10.0 Å². The molecular weight excluding hydrogens is 383 g/mol. The maximum absolute atomic E-state index is 12.1. The van der Waals surface area contributed by atoms with Gasteiger partial charge in [0, 0.05) is 12.4 Å². The van der Waals surface area contributed by atoms with E-state index in [2.05, 4.69) is 25.6 Å². The number of nitrogens with zero attached hydrogens (tertiary/aromatic N) is 1. The van der Waals surface area contributed by atoms with Crippen molar-refractivity contribution in [1.82, 2.24) is 4.98 Å². The van der Waals surface area contributed by atoms with Crippen molar-refractivity contribution in [3.8, 4) is 0 Å². The second kappa shape index (κ2) is 5.34. The molecule has 0 aliphatic carbocycles. The fourth-order valence-corrected chi connectivity index (χ4v) is 4.88. The van der Waals surface area contributed by atoms with Gasteiger partial charge in [-0.15, -0.1) is 11.3 Å². The van der Waals surface area contributed by atoms with Crippen molar-refractivity contribution in [2.45, 2.75) is 4.90 Å². The lowest BCUT2D eigenvalue weighted by Gasteiger charge is -2.08. The summed E-state index contributed by atoms with van der Waals surface area (Å²) in [6.07, 6.45) is 2.96. The molecule has 0 unspecified atom stereocenters. The zero-order valence-electron chi connectivity index (χ0n) is 8.52. The summed E-state index contributed by atoms with van der Waals surface area (Å²) in [5, 5.41) is 0. The summed E-state index contributed by atoms with van der Waals surface area (Å²) in [6, 6.07) is 2.84. The van der Waals surface area contributed by atoms with Crippen molar-refractivity contribution >= 4 is 66.2 Å². The predicted octanol–water partition coefficient (Wildman–Crippen LogP) is 4.01. The lowest BCUT2D eigenvalue weighted by atomic mass is 10.4. The Bertz CT molecular complexity index is 688. The Balaban J connectivity index is 2.40. The van der Waals surface area contributed by atoms with Gasteiger partial charge < -0.3 is 0 Å². The number of hydrogen-bond donors (Lipinski definition) is 1. The molecule has 4 nitrogen and oxygen atoms in total. The van der Waals surface area contributed by atoms with Crippen LogP contribution in [0.1, 0.15) is 0 Å². The van der Waals surface area contributed by atoms with Crippen LogP contribution in [0.15, 0.2) is 33.9 Å². The van der Waals surface area contributed by atoms with Crippen LogP contribution in [0, 0.1) is 0 Å². The molecular formula is C9H5BrCl2N2O2S2. The summed E-state index contributed by atoms with van der Waals surface area (Å²) >= 11 is 15.8. The van der Waals surface area contributed by atoms with Gasteiger partial charge in [0.05, 0.1) is 14.5 Å². The van der Waals surface area contributed by atoms with Gasteiger partial charge in [-0.3, -0.25) is 9.71 Å². The zero-order chi connectivity index (χ0) is 13.3. The third-order valence-corrected chi connectivity index (χ3v) is 5.68. The van der Waals surface area contributed by atoms with Crippen LogP contribution in [-0.4, -0.2) is 13.4 Å². The van der Waals surface area contributed by atoms with E-state index in [4.69, 9.17) is 23.2 Å². The van der Waals surface area contributed by atoms with Crippen molar-refractivity contribution in [1.29, 1.82) is 0 Å². The Morgan fingerprint density at radius 1 is 1.39 bits per heavy atom. The Kier molecular flexibility index (Phi) is 4.18.